The zero-order chi connectivity index (χ0) is 22.5. The van der Waals surface area contributed by atoms with Gasteiger partial charge < -0.3 is 24.3 Å². The minimum atomic E-state index is 0.158. The molecule has 1 heterocycles. The van der Waals surface area contributed by atoms with E-state index in [0.29, 0.717) is 12.4 Å². The molecule has 168 valence electrons. The Morgan fingerprint density at radius 1 is 0.875 bits per heavy atom. The van der Waals surface area contributed by atoms with Crippen molar-refractivity contribution in [3.8, 4) is 23.0 Å². The number of hydrogen-bond acceptors (Lipinski definition) is 5. The van der Waals surface area contributed by atoms with Gasteiger partial charge >= 0.3 is 0 Å². The van der Waals surface area contributed by atoms with Gasteiger partial charge in [-0.15, -0.1) is 0 Å². The van der Waals surface area contributed by atoms with Gasteiger partial charge in [-0.1, -0.05) is 46.3 Å². The predicted molar refractivity (Wildman–Crippen MR) is 129 cm³/mol. The Balaban J connectivity index is 1.61. The molecule has 6 heteroatoms. The highest BCUT2D eigenvalue weighted by molar-refractivity contribution is 9.10. The second kappa shape index (κ2) is 10.3. The third-order valence-corrected chi connectivity index (χ3v) is 6.54. The molecule has 0 aliphatic carbocycles. The second-order valence-electron chi connectivity index (χ2n) is 7.74. The van der Waals surface area contributed by atoms with E-state index in [0.717, 1.165) is 52.2 Å². The van der Waals surface area contributed by atoms with Crippen LogP contribution in [0.15, 0.2) is 59.1 Å². The summed E-state index contributed by atoms with van der Waals surface area (Å²) in [5.74, 6) is 2.97. The molecule has 0 fully saturated rings. The van der Waals surface area contributed by atoms with Crippen LogP contribution in [0.25, 0.3) is 0 Å². The zero-order valence-corrected chi connectivity index (χ0v) is 20.2. The highest BCUT2D eigenvalue weighted by Crippen LogP contribution is 2.39. The van der Waals surface area contributed by atoms with Crippen LogP contribution < -0.4 is 24.3 Å². The average Bonchev–Trinajstić information content (AvgIpc) is 2.84. The maximum atomic E-state index is 6.13. The number of ether oxygens (including phenoxy) is 4. The van der Waals surface area contributed by atoms with E-state index < -0.39 is 0 Å². The van der Waals surface area contributed by atoms with E-state index in [9.17, 15) is 0 Å². The van der Waals surface area contributed by atoms with Crippen molar-refractivity contribution in [1.82, 2.24) is 5.32 Å². The molecule has 32 heavy (non-hydrogen) atoms. The first-order chi connectivity index (χ1) is 15.6. The van der Waals surface area contributed by atoms with Gasteiger partial charge in [0, 0.05) is 10.5 Å². The molecular formula is C26H28BrNO4. The lowest BCUT2D eigenvalue weighted by Gasteiger charge is -2.29. The first-order valence-corrected chi connectivity index (χ1v) is 11.4. The molecule has 3 aromatic rings. The second-order valence-corrected chi connectivity index (χ2v) is 8.59. The molecule has 1 unspecified atom stereocenters. The van der Waals surface area contributed by atoms with E-state index in [-0.39, 0.29) is 6.04 Å². The van der Waals surface area contributed by atoms with E-state index >= 15 is 0 Å². The molecule has 0 bridgehead atoms. The molecule has 0 saturated carbocycles. The molecule has 1 aliphatic heterocycles. The van der Waals surface area contributed by atoms with Crippen LogP contribution in [0.3, 0.4) is 0 Å². The smallest absolute Gasteiger partial charge is 0.162 e. The van der Waals surface area contributed by atoms with E-state index in [2.05, 4.69) is 51.6 Å². The monoisotopic (exact) mass is 497 g/mol. The van der Waals surface area contributed by atoms with Crippen molar-refractivity contribution >= 4 is 15.9 Å². The Kier molecular flexibility index (Phi) is 7.22. The SMILES string of the molecule is COc1cc2c(cc1OC)C(Cc1cc(OCc3ccccc3)c(OC)cc1Br)NCC2. The van der Waals surface area contributed by atoms with Crippen molar-refractivity contribution in [3.63, 3.8) is 0 Å². The first kappa shape index (κ1) is 22.5. The summed E-state index contributed by atoms with van der Waals surface area (Å²) in [6, 6.07) is 18.5. The van der Waals surface area contributed by atoms with Crippen LogP contribution in [0.2, 0.25) is 0 Å². The van der Waals surface area contributed by atoms with E-state index in [1.165, 1.54) is 11.1 Å². The summed E-state index contributed by atoms with van der Waals surface area (Å²) in [5.41, 5.74) is 4.79. The van der Waals surface area contributed by atoms with Crippen LogP contribution >= 0.6 is 15.9 Å². The van der Waals surface area contributed by atoms with Crippen LogP contribution in [-0.2, 0) is 19.4 Å². The van der Waals surface area contributed by atoms with Gasteiger partial charge in [0.25, 0.3) is 0 Å². The number of benzene rings is 3. The third kappa shape index (κ3) is 4.87. The van der Waals surface area contributed by atoms with Crippen LogP contribution in [0, 0.1) is 0 Å². The minimum Gasteiger partial charge on any atom is -0.493 e. The van der Waals surface area contributed by atoms with E-state index in [1.807, 2.05) is 24.3 Å². The molecule has 1 atom stereocenters. The van der Waals surface area contributed by atoms with Gasteiger partial charge in [-0.3, -0.25) is 0 Å². The Morgan fingerprint density at radius 2 is 1.56 bits per heavy atom. The number of hydrogen-bond donors (Lipinski definition) is 1. The quantitative estimate of drug-likeness (QED) is 0.446. The topological polar surface area (TPSA) is 49.0 Å². The molecule has 0 saturated heterocycles. The van der Waals surface area contributed by atoms with Crippen molar-refractivity contribution < 1.29 is 18.9 Å². The van der Waals surface area contributed by atoms with Gasteiger partial charge in [-0.25, -0.2) is 0 Å². The van der Waals surface area contributed by atoms with E-state index in [4.69, 9.17) is 18.9 Å². The zero-order valence-electron chi connectivity index (χ0n) is 18.6. The number of halogens is 1. The summed E-state index contributed by atoms with van der Waals surface area (Å²) >= 11 is 3.73. The van der Waals surface area contributed by atoms with Gasteiger partial charge in [0.05, 0.1) is 21.3 Å². The van der Waals surface area contributed by atoms with Crippen LogP contribution in [0.1, 0.15) is 28.3 Å². The molecule has 0 amide bonds. The molecule has 3 aromatic carbocycles. The molecule has 0 radical (unpaired) electrons. The summed E-state index contributed by atoms with van der Waals surface area (Å²) in [7, 11) is 5.01. The molecule has 0 aromatic heterocycles. The first-order valence-electron chi connectivity index (χ1n) is 10.6. The molecule has 1 aliphatic rings. The predicted octanol–water partition coefficient (Wildman–Crippen LogP) is 5.48. The van der Waals surface area contributed by atoms with Crippen LogP contribution in [0.4, 0.5) is 0 Å². The molecular weight excluding hydrogens is 470 g/mol. The Labute approximate surface area is 197 Å². The fourth-order valence-corrected chi connectivity index (χ4v) is 4.60. The van der Waals surface area contributed by atoms with E-state index in [1.54, 1.807) is 21.3 Å². The van der Waals surface area contributed by atoms with Gasteiger partial charge in [0.15, 0.2) is 23.0 Å². The van der Waals surface area contributed by atoms with Gasteiger partial charge in [0.1, 0.15) is 6.61 Å². The Hall–Kier alpha value is -2.70. The molecule has 0 spiro atoms. The largest absolute Gasteiger partial charge is 0.493 e. The summed E-state index contributed by atoms with van der Waals surface area (Å²) in [6.45, 7) is 1.40. The highest BCUT2D eigenvalue weighted by Gasteiger charge is 2.24. The highest BCUT2D eigenvalue weighted by atomic mass is 79.9. The number of rotatable bonds is 8. The summed E-state index contributed by atoms with van der Waals surface area (Å²) in [5, 5.41) is 3.66. The van der Waals surface area contributed by atoms with Crippen molar-refractivity contribution in [2.45, 2.75) is 25.5 Å². The van der Waals surface area contributed by atoms with Gasteiger partial charge in [0.2, 0.25) is 0 Å². The average molecular weight is 498 g/mol. The maximum absolute atomic E-state index is 6.13. The third-order valence-electron chi connectivity index (χ3n) is 5.80. The van der Waals surface area contributed by atoms with Crippen LogP contribution in [-0.4, -0.2) is 27.9 Å². The summed E-state index contributed by atoms with van der Waals surface area (Å²) in [6.07, 6.45) is 1.76. The number of nitrogens with one attached hydrogen (secondary N) is 1. The maximum Gasteiger partial charge on any atom is 0.162 e. The van der Waals surface area contributed by atoms with Gasteiger partial charge in [-0.05, 0) is 65.9 Å². The summed E-state index contributed by atoms with van der Waals surface area (Å²) < 4.78 is 23.7. The number of methoxy groups -OCH3 is 3. The van der Waals surface area contributed by atoms with Crippen molar-refractivity contribution in [2.75, 3.05) is 27.9 Å². The van der Waals surface area contributed by atoms with Crippen molar-refractivity contribution in [2.24, 2.45) is 0 Å². The normalized spacial score (nSPS) is 15.1. The summed E-state index contributed by atoms with van der Waals surface area (Å²) in [4.78, 5) is 0. The lowest BCUT2D eigenvalue weighted by molar-refractivity contribution is 0.284. The Morgan fingerprint density at radius 3 is 2.28 bits per heavy atom. The lowest BCUT2D eigenvalue weighted by Crippen LogP contribution is -2.31. The van der Waals surface area contributed by atoms with Crippen LogP contribution in [0.5, 0.6) is 23.0 Å². The lowest BCUT2D eigenvalue weighted by atomic mass is 9.89. The molecule has 5 nitrogen and oxygen atoms in total. The fraction of sp³-hybridized carbons (Fsp3) is 0.308. The Bertz CT molecular complexity index is 1070. The van der Waals surface area contributed by atoms with Crippen molar-refractivity contribution in [3.05, 3.63) is 81.3 Å². The standard InChI is InChI=1S/C26H28BrNO4/c1-29-23-12-18-9-10-28-22(20(18)14-24(23)30-2)11-19-13-26(25(31-3)15-21(19)27)32-16-17-7-5-4-6-8-17/h4-8,12-15,22,28H,9-11,16H2,1-3H3. The minimum absolute atomic E-state index is 0.158. The fourth-order valence-electron chi connectivity index (χ4n) is 4.11. The van der Waals surface area contributed by atoms with Crippen molar-refractivity contribution in [1.29, 1.82) is 0 Å². The molecule has 4 rings (SSSR count). The molecule has 1 N–H and O–H groups in total. The number of fused-ring (bicyclic) bond motifs is 1. The van der Waals surface area contributed by atoms with Gasteiger partial charge in [-0.2, -0.15) is 0 Å².